The van der Waals surface area contributed by atoms with Crippen molar-refractivity contribution in [3.8, 4) is 0 Å². The molecule has 1 aliphatic carbocycles. The van der Waals surface area contributed by atoms with E-state index in [1.807, 2.05) is 0 Å². The summed E-state index contributed by atoms with van der Waals surface area (Å²) < 4.78 is 0. The van der Waals surface area contributed by atoms with Gasteiger partial charge in [-0.1, -0.05) is 31.4 Å². The van der Waals surface area contributed by atoms with Gasteiger partial charge in [-0.2, -0.15) is 0 Å². The second kappa shape index (κ2) is 3.80. The summed E-state index contributed by atoms with van der Waals surface area (Å²) in [4.78, 5) is 0. The molecule has 0 bridgehead atoms. The first-order valence-corrected chi connectivity index (χ1v) is 4.31. The predicted octanol–water partition coefficient (Wildman–Crippen LogP) is 3.35. The molecule has 0 aromatic carbocycles. The number of hydrogen-bond acceptors (Lipinski definition) is 0. The first-order valence-electron chi connectivity index (χ1n) is 4.31. The van der Waals surface area contributed by atoms with Crippen molar-refractivity contribution in [2.45, 2.75) is 39.0 Å². The van der Waals surface area contributed by atoms with Crippen LogP contribution in [0, 0.1) is 12.8 Å². The maximum absolute atomic E-state index is 4.01. The minimum atomic E-state index is 0.771. The van der Waals surface area contributed by atoms with Gasteiger partial charge in [0.2, 0.25) is 0 Å². The third kappa shape index (κ3) is 2.55. The molecule has 1 rings (SSSR count). The minimum Gasteiger partial charge on any atom is -0.0825 e. The van der Waals surface area contributed by atoms with Crippen LogP contribution in [0.1, 0.15) is 39.0 Å². The molecule has 0 aromatic heterocycles. The van der Waals surface area contributed by atoms with Crippen molar-refractivity contribution in [3.63, 3.8) is 0 Å². The predicted molar refractivity (Wildman–Crippen MR) is 45.7 cm³/mol. The van der Waals surface area contributed by atoms with Crippen molar-refractivity contribution in [1.29, 1.82) is 0 Å². The molecular weight excluding hydrogens is 120 g/mol. The van der Waals surface area contributed by atoms with Gasteiger partial charge in [0, 0.05) is 0 Å². The Morgan fingerprint density at radius 1 is 1.40 bits per heavy atom. The van der Waals surface area contributed by atoms with Gasteiger partial charge in [-0.05, 0) is 32.1 Å². The highest BCUT2D eigenvalue weighted by Gasteiger charge is 2.02. The lowest BCUT2D eigenvalue weighted by molar-refractivity contribution is 0.546. The smallest absolute Gasteiger partial charge is 0.0259 e. The Balaban J connectivity index is 2.46. The summed E-state index contributed by atoms with van der Waals surface area (Å²) in [6.07, 6.45) is 9.08. The standard InChI is InChI=1S/C10H17/c1-9-6-4-3-5-7-10(2)8-9/h8,10H,1,3-7H2,2H3/b9-8-. The van der Waals surface area contributed by atoms with Gasteiger partial charge in [0.25, 0.3) is 0 Å². The zero-order valence-electron chi connectivity index (χ0n) is 6.90. The zero-order valence-corrected chi connectivity index (χ0v) is 6.90. The van der Waals surface area contributed by atoms with Crippen LogP contribution >= 0.6 is 0 Å². The molecule has 1 atom stereocenters. The summed E-state index contributed by atoms with van der Waals surface area (Å²) in [7, 11) is 0. The van der Waals surface area contributed by atoms with Gasteiger partial charge in [0.15, 0.2) is 0 Å². The summed E-state index contributed by atoms with van der Waals surface area (Å²) in [5, 5.41) is 0. The van der Waals surface area contributed by atoms with Gasteiger partial charge in [-0.15, -0.1) is 0 Å². The molecule has 10 heavy (non-hydrogen) atoms. The summed E-state index contributed by atoms with van der Waals surface area (Å²) in [5.41, 5.74) is 1.35. The minimum absolute atomic E-state index is 0.771. The molecule has 57 valence electrons. The van der Waals surface area contributed by atoms with E-state index in [9.17, 15) is 0 Å². The molecule has 0 spiro atoms. The number of hydrogen-bond donors (Lipinski definition) is 0. The number of rotatable bonds is 0. The molecule has 0 N–H and O–H groups in total. The lowest BCUT2D eigenvalue weighted by Crippen LogP contribution is -1.95. The first kappa shape index (κ1) is 7.84. The van der Waals surface area contributed by atoms with E-state index in [-0.39, 0.29) is 0 Å². The molecule has 0 fully saturated rings. The van der Waals surface area contributed by atoms with Gasteiger partial charge in [0.05, 0.1) is 0 Å². The molecule has 1 radical (unpaired) electrons. The monoisotopic (exact) mass is 137 g/mol. The highest BCUT2D eigenvalue weighted by molar-refractivity contribution is 5.07. The lowest BCUT2D eigenvalue weighted by Gasteiger charge is -2.12. The summed E-state index contributed by atoms with van der Waals surface area (Å²) >= 11 is 0. The van der Waals surface area contributed by atoms with Crippen molar-refractivity contribution in [2.75, 3.05) is 0 Å². The Kier molecular flexibility index (Phi) is 2.98. The van der Waals surface area contributed by atoms with E-state index in [4.69, 9.17) is 0 Å². The second-order valence-corrected chi connectivity index (χ2v) is 3.40. The molecule has 0 saturated heterocycles. The van der Waals surface area contributed by atoms with Crippen LogP contribution in [0.3, 0.4) is 0 Å². The molecule has 1 unspecified atom stereocenters. The maximum Gasteiger partial charge on any atom is -0.0259 e. The number of allylic oxidation sites excluding steroid dienone is 2. The highest BCUT2D eigenvalue weighted by Crippen LogP contribution is 2.19. The summed E-state index contributed by atoms with van der Waals surface area (Å²) in [6.45, 7) is 6.30. The summed E-state index contributed by atoms with van der Waals surface area (Å²) in [5.74, 6) is 0.771. The van der Waals surface area contributed by atoms with Gasteiger partial charge in [0.1, 0.15) is 0 Å². The van der Waals surface area contributed by atoms with Crippen LogP contribution in [-0.2, 0) is 0 Å². The van der Waals surface area contributed by atoms with Gasteiger partial charge >= 0.3 is 0 Å². The quantitative estimate of drug-likeness (QED) is 0.480. The van der Waals surface area contributed by atoms with Gasteiger partial charge < -0.3 is 0 Å². The fourth-order valence-electron chi connectivity index (χ4n) is 1.56. The highest BCUT2D eigenvalue weighted by atomic mass is 14.1. The lowest BCUT2D eigenvalue weighted by atomic mass is 9.94. The van der Waals surface area contributed by atoms with E-state index in [1.54, 1.807) is 0 Å². The fraction of sp³-hybridized carbons (Fsp3) is 0.700. The van der Waals surface area contributed by atoms with Crippen LogP contribution in [0.4, 0.5) is 0 Å². The van der Waals surface area contributed by atoms with Crippen molar-refractivity contribution in [1.82, 2.24) is 0 Å². The van der Waals surface area contributed by atoms with Gasteiger partial charge in [-0.3, -0.25) is 0 Å². The van der Waals surface area contributed by atoms with Crippen LogP contribution in [0.25, 0.3) is 0 Å². The third-order valence-electron chi connectivity index (χ3n) is 2.18. The fourth-order valence-corrected chi connectivity index (χ4v) is 1.56. The Morgan fingerprint density at radius 3 is 3.00 bits per heavy atom. The first-order chi connectivity index (χ1) is 4.79. The average Bonchev–Trinajstić information content (AvgIpc) is 1.83. The molecule has 0 heteroatoms. The molecule has 0 aromatic rings. The van der Waals surface area contributed by atoms with Crippen LogP contribution in [0.15, 0.2) is 11.6 Å². The van der Waals surface area contributed by atoms with E-state index >= 15 is 0 Å². The Bertz CT molecular complexity index is 122. The van der Waals surface area contributed by atoms with Crippen LogP contribution < -0.4 is 0 Å². The molecule has 0 amide bonds. The van der Waals surface area contributed by atoms with Crippen molar-refractivity contribution < 1.29 is 0 Å². The Hall–Kier alpha value is -0.260. The van der Waals surface area contributed by atoms with Crippen molar-refractivity contribution in [2.24, 2.45) is 5.92 Å². The molecule has 0 heterocycles. The van der Waals surface area contributed by atoms with Crippen LogP contribution in [-0.4, -0.2) is 0 Å². The second-order valence-electron chi connectivity index (χ2n) is 3.40. The van der Waals surface area contributed by atoms with E-state index in [0.717, 1.165) is 5.92 Å². The largest absolute Gasteiger partial charge is 0.0825 e. The van der Waals surface area contributed by atoms with E-state index in [0.29, 0.717) is 0 Å². The topological polar surface area (TPSA) is 0 Å². The van der Waals surface area contributed by atoms with Gasteiger partial charge in [-0.25, -0.2) is 0 Å². The molecular formula is C10H17. The van der Waals surface area contributed by atoms with Crippen LogP contribution in [0.2, 0.25) is 0 Å². The third-order valence-corrected chi connectivity index (χ3v) is 2.18. The maximum atomic E-state index is 4.01. The molecule has 0 aliphatic heterocycles. The van der Waals surface area contributed by atoms with E-state index in [2.05, 4.69) is 19.9 Å². The Morgan fingerprint density at radius 2 is 2.20 bits per heavy atom. The van der Waals surface area contributed by atoms with Crippen molar-refractivity contribution in [3.05, 3.63) is 18.6 Å². The molecule has 0 nitrogen and oxygen atoms in total. The summed E-state index contributed by atoms with van der Waals surface area (Å²) in [6, 6.07) is 0. The van der Waals surface area contributed by atoms with E-state index in [1.165, 1.54) is 37.7 Å². The molecule has 0 saturated carbocycles. The average molecular weight is 137 g/mol. The zero-order chi connectivity index (χ0) is 7.40. The SMILES string of the molecule is [CH2]/C1=C/C(C)CCCCC1. The normalized spacial score (nSPS) is 33.8. The van der Waals surface area contributed by atoms with Crippen LogP contribution in [0.5, 0.6) is 0 Å². The molecule has 1 aliphatic rings. The van der Waals surface area contributed by atoms with Crippen molar-refractivity contribution >= 4 is 0 Å². The van der Waals surface area contributed by atoms with E-state index < -0.39 is 0 Å². The Labute approximate surface area is 64.3 Å².